The molecular weight excluding hydrogens is 312 g/mol. The van der Waals surface area contributed by atoms with E-state index >= 15 is 0 Å². The normalized spacial score (nSPS) is 20.0. The lowest BCUT2D eigenvalue weighted by atomic mass is 10.1. The van der Waals surface area contributed by atoms with Crippen LogP contribution in [0, 0.1) is 5.92 Å². The van der Waals surface area contributed by atoms with Gasteiger partial charge in [-0.2, -0.15) is 4.40 Å². The number of likely N-dealkylation sites (tertiary alicyclic amines) is 1. The first-order valence-corrected chi connectivity index (χ1v) is 8.89. The van der Waals surface area contributed by atoms with Crippen LogP contribution < -0.4 is 0 Å². The lowest BCUT2D eigenvalue weighted by molar-refractivity contribution is 0.104. The van der Waals surface area contributed by atoms with Crippen molar-refractivity contribution in [2.24, 2.45) is 10.3 Å². The molecule has 2 atom stereocenters. The fourth-order valence-electron chi connectivity index (χ4n) is 2.18. The average Bonchev–Trinajstić information content (AvgIpc) is 2.99. The molecule has 1 aliphatic rings. The SMILES string of the molecule is CC(C)(C)S(=O)/N=C/[C@@H]1CCN(C(=O)OCc2ccccc2)C1. The van der Waals surface area contributed by atoms with E-state index in [0.717, 1.165) is 12.0 Å². The molecule has 1 aromatic rings. The molecule has 23 heavy (non-hydrogen) atoms. The molecular formula is C17H24N2O3S. The molecule has 2 rings (SSSR count). The van der Waals surface area contributed by atoms with Crippen LogP contribution in [0.3, 0.4) is 0 Å². The van der Waals surface area contributed by atoms with Crippen molar-refractivity contribution in [3.8, 4) is 0 Å². The number of nitrogens with zero attached hydrogens (tertiary/aromatic N) is 2. The number of carbonyl (C=O) groups excluding carboxylic acids is 1. The Labute approximate surface area is 140 Å². The summed E-state index contributed by atoms with van der Waals surface area (Å²) in [7, 11) is -1.25. The van der Waals surface area contributed by atoms with Gasteiger partial charge in [0.05, 0.1) is 4.75 Å². The highest BCUT2D eigenvalue weighted by atomic mass is 32.2. The highest BCUT2D eigenvalue weighted by Crippen LogP contribution is 2.18. The van der Waals surface area contributed by atoms with Crippen LogP contribution in [0.25, 0.3) is 0 Å². The summed E-state index contributed by atoms with van der Waals surface area (Å²) in [6, 6.07) is 9.61. The van der Waals surface area contributed by atoms with E-state index in [-0.39, 0.29) is 23.4 Å². The number of ether oxygens (including phenoxy) is 1. The molecule has 1 unspecified atom stereocenters. The van der Waals surface area contributed by atoms with Crippen molar-refractivity contribution < 1.29 is 13.7 Å². The van der Waals surface area contributed by atoms with E-state index in [1.54, 1.807) is 11.1 Å². The van der Waals surface area contributed by atoms with Gasteiger partial charge in [-0.05, 0) is 32.8 Å². The summed E-state index contributed by atoms with van der Waals surface area (Å²) in [5, 5.41) is 0. The van der Waals surface area contributed by atoms with Crippen molar-refractivity contribution in [2.75, 3.05) is 13.1 Å². The molecule has 6 heteroatoms. The largest absolute Gasteiger partial charge is 0.445 e. The number of benzene rings is 1. The maximum absolute atomic E-state index is 12.1. The molecule has 1 aromatic carbocycles. The maximum atomic E-state index is 12.1. The van der Waals surface area contributed by atoms with E-state index in [4.69, 9.17) is 4.74 Å². The Balaban J connectivity index is 1.79. The van der Waals surface area contributed by atoms with Gasteiger partial charge in [-0.1, -0.05) is 30.3 Å². The van der Waals surface area contributed by atoms with Crippen LogP contribution in [0.1, 0.15) is 32.8 Å². The Morgan fingerprint density at radius 2 is 2.09 bits per heavy atom. The molecule has 1 saturated heterocycles. The third kappa shape index (κ3) is 5.46. The van der Waals surface area contributed by atoms with Gasteiger partial charge < -0.3 is 9.64 Å². The van der Waals surface area contributed by atoms with Crippen molar-refractivity contribution in [1.82, 2.24) is 4.90 Å². The first-order chi connectivity index (χ1) is 10.9. The minimum atomic E-state index is -1.25. The Hall–Kier alpha value is -1.69. The molecule has 0 bridgehead atoms. The zero-order chi connectivity index (χ0) is 16.9. The van der Waals surface area contributed by atoms with Gasteiger partial charge in [-0.3, -0.25) is 0 Å². The van der Waals surface area contributed by atoms with Gasteiger partial charge in [-0.25, -0.2) is 9.00 Å². The van der Waals surface area contributed by atoms with Crippen molar-refractivity contribution in [3.05, 3.63) is 35.9 Å². The van der Waals surface area contributed by atoms with Crippen molar-refractivity contribution >= 4 is 23.3 Å². The van der Waals surface area contributed by atoms with E-state index < -0.39 is 11.0 Å². The predicted molar refractivity (Wildman–Crippen MR) is 92.7 cm³/mol. The monoisotopic (exact) mass is 336 g/mol. The van der Waals surface area contributed by atoms with Crippen LogP contribution in [0.5, 0.6) is 0 Å². The van der Waals surface area contributed by atoms with E-state index in [0.29, 0.717) is 13.1 Å². The zero-order valence-corrected chi connectivity index (χ0v) is 14.7. The molecule has 1 heterocycles. The molecule has 5 nitrogen and oxygen atoms in total. The molecule has 0 radical (unpaired) electrons. The number of carbonyl (C=O) groups is 1. The summed E-state index contributed by atoms with van der Waals surface area (Å²) in [5.41, 5.74) is 0.971. The van der Waals surface area contributed by atoms with E-state index in [1.807, 2.05) is 51.1 Å². The smallest absolute Gasteiger partial charge is 0.410 e. The number of hydrogen-bond acceptors (Lipinski definition) is 3. The van der Waals surface area contributed by atoms with Crippen LogP contribution in [-0.4, -0.2) is 39.3 Å². The molecule has 1 amide bonds. The lowest BCUT2D eigenvalue weighted by Gasteiger charge is -2.16. The lowest BCUT2D eigenvalue weighted by Crippen LogP contribution is -2.29. The molecule has 0 N–H and O–H groups in total. The average molecular weight is 336 g/mol. The molecule has 1 aliphatic heterocycles. The third-order valence-electron chi connectivity index (χ3n) is 3.58. The van der Waals surface area contributed by atoms with E-state index in [1.165, 1.54) is 0 Å². The van der Waals surface area contributed by atoms with Gasteiger partial charge in [0.1, 0.15) is 17.6 Å². The Morgan fingerprint density at radius 3 is 2.74 bits per heavy atom. The predicted octanol–water partition coefficient (Wildman–Crippen LogP) is 3.18. The summed E-state index contributed by atoms with van der Waals surface area (Å²) in [6.45, 7) is 7.17. The van der Waals surface area contributed by atoms with Crippen LogP contribution in [0.15, 0.2) is 34.7 Å². The highest BCUT2D eigenvalue weighted by Gasteiger charge is 2.27. The molecule has 0 aliphatic carbocycles. The molecule has 0 aromatic heterocycles. The third-order valence-corrected chi connectivity index (χ3v) is 4.94. The molecule has 1 fully saturated rings. The summed E-state index contributed by atoms with van der Waals surface area (Å²) in [6.07, 6.45) is 2.25. The van der Waals surface area contributed by atoms with Crippen molar-refractivity contribution in [3.63, 3.8) is 0 Å². The van der Waals surface area contributed by atoms with Crippen molar-refractivity contribution in [1.29, 1.82) is 0 Å². The molecule has 126 valence electrons. The summed E-state index contributed by atoms with van der Waals surface area (Å²) in [4.78, 5) is 13.7. The number of rotatable bonds is 4. The number of hydrogen-bond donors (Lipinski definition) is 0. The highest BCUT2D eigenvalue weighted by molar-refractivity contribution is 7.85. The van der Waals surface area contributed by atoms with Crippen LogP contribution in [-0.2, 0) is 22.3 Å². The summed E-state index contributed by atoms with van der Waals surface area (Å²) in [5.74, 6) is 0.144. The van der Waals surface area contributed by atoms with E-state index in [9.17, 15) is 9.00 Å². The maximum Gasteiger partial charge on any atom is 0.410 e. The number of amides is 1. The zero-order valence-electron chi connectivity index (χ0n) is 13.9. The minimum absolute atomic E-state index is 0.144. The molecule has 0 saturated carbocycles. The van der Waals surface area contributed by atoms with Gasteiger partial charge in [-0.15, -0.1) is 0 Å². The van der Waals surface area contributed by atoms with Gasteiger partial charge >= 0.3 is 6.09 Å². The second-order valence-corrected chi connectivity index (χ2v) is 8.58. The quantitative estimate of drug-likeness (QED) is 0.794. The summed E-state index contributed by atoms with van der Waals surface area (Å²) < 4.78 is 21.0. The fourth-order valence-corrected chi connectivity index (χ4v) is 2.78. The van der Waals surface area contributed by atoms with Gasteiger partial charge in [0, 0.05) is 25.2 Å². The second-order valence-electron chi connectivity index (χ2n) is 6.65. The van der Waals surface area contributed by atoms with E-state index in [2.05, 4.69) is 4.40 Å². The Bertz CT molecular complexity index is 581. The van der Waals surface area contributed by atoms with Crippen LogP contribution in [0.2, 0.25) is 0 Å². The van der Waals surface area contributed by atoms with Gasteiger partial charge in [0.25, 0.3) is 0 Å². The Kier molecular flexibility index (Phi) is 5.93. The topological polar surface area (TPSA) is 59.0 Å². The van der Waals surface area contributed by atoms with Crippen molar-refractivity contribution in [2.45, 2.75) is 38.5 Å². The minimum Gasteiger partial charge on any atom is -0.445 e. The fraction of sp³-hybridized carbons (Fsp3) is 0.529. The first-order valence-electron chi connectivity index (χ1n) is 7.78. The van der Waals surface area contributed by atoms with Gasteiger partial charge in [0.2, 0.25) is 0 Å². The van der Waals surface area contributed by atoms with Crippen LogP contribution >= 0.6 is 0 Å². The Morgan fingerprint density at radius 1 is 1.39 bits per heavy atom. The standard InChI is InChI=1S/C17H24N2O3S/c1-17(2,3)23(21)18-11-15-9-10-19(12-15)16(20)22-13-14-7-5-4-6-8-14/h4-8,11,15H,9-10,12-13H2,1-3H3/b18-11+/t15-,23?/m0/s1. The van der Waals surface area contributed by atoms with Crippen LogP contribution in [0.4, 0.5) is 4.79 Å². The molecule has 0 spiro atoms. The first kappa shape index (κ1) is 17.7. The van der Waals surface area contributed by atoms with Gasteiger partial charge in [0.15, 0.2) is 0 Å². The summed E-state index contributed by atoms with van der Waals surface area (Å²) >= 11 is 0. The second kappa shape index (κ2) is 7.73.